The first-order chi connectivity index (χ1) is 37.2. The maximum Gasteiger partial charge on any atom is 0.352 e. The van der Waals surface area contributed by atoms with Gasteiger partial charge in [0.1, 0.15) is 47.4 Å². The van der Waals surface area contributed by atoms with Crippen LogP contribution in [0.25, 0.3) is 0 Å². The van der Waals surface area contributed by atoms with Crippen molar-refractivity contribution in [3.8, 4) is 5.75 Å². The van der Waals surface area contributed by atoms with Crippen LogP contribution in [-0.4, -0.2) is 182 Å². The Bertz CT molecular complexity index is 2220. The van der Waals surface area contributed by atoms with Crippen molar-refractivity contribution in [2.45, 2.75) is 132 Å². The smallest absolute Gasteiger partial charge is 0.352 e. The van der Waals surface area contributed by atoms with Gasteiger partial charge >= 0.3 is 5.97 Å². The van der Waals surface area contributed by atoms with Gasteiger partial charge in [-0.25, -0.2) is 9.79 Å². The highest BCUT2D eigenvalue weighted by Gasteiger charge is 2.39. The lowest BCUT2D eigenvalue weighted by atomic mass is 10.0. The molecule has 1 aromatic rings. The maximum atomic E-state index is 14.3. The molecule has 0 bridgehead atoms. The van der Waals surface area contributed by atoms with Crippen LogP contribution in [0.2, 0.25) is 0 Å². The summed E-state index contributed by atoms with van der Waals surface area (Å²) in [7, 11) is 1.47. The molecule has 29 nitrogen and oxygen atoms in total. The molecule has 2 rings (SSSR count). The lowest BCUT2D eigenvalue weighted by Gasteiger charge is -2.28. The SMILES string of the molecule is COc1ccc(C[C@H](NC(=O)[C@@H]2CCCN2C(=O)/C(CCCN)=N/C(=O)CNC(=O)[C@H](CCCN)NC(=O)[C@@H](NC(=O)[C@@H](N)CCCCN)[C@@H](O)CN)C(=O)N[C@@H](CCCCN)C(=O)N/C(=C\CCNC(=N)N)C(=O)O)cc1. The Morgan fingerprint density at radius 2 is 1.38 bits per heavy atom. The number of carbonyl (C=O) groups excluding carboxylic acids is 8. The number of unbranched alkanes of at least 4 members (excludes halogenated alkanes) is 2. The minimum atomic E-state index is -1.60. The number of carboxylic acids is 1. The molecule has 436 valence electrons. The average Bonchev–Trinajstić information content (AvgIpc) is 3.92. The molecule has 29 heteroatoms. The van der Waals surface area contributed by atoms with Gasteiger partial charge in [0.2, 0.25) is 35.4 Å². The minimum Gasteiger partial charge on any atom is -0.497 e. The topological polar surface area (TPSA) is 509 Å². The highest BCUT2D eigenvalue weighted by atomic mass is 16.5. The van der Waals surface area contributed by atoms with Crippen molar-refractivity contribution in [2.75, 3.05) is 59.5 Å². The summed E-state index contributed by atoms with van der Waals surface area (Å²) >= 11 is 0. The van der Waals surface area contributed by atoms with Gasteiger partial charge in [-0.15, -0.1) is 0 Å². The van der Waals surface area contributed by atoms with Crippen LogP contribution in [0.4, 0.5) is 0 Å². The molecule has 0 aliphatic carbocycles. The Morgan fingerprint density at radius 1 is 0.769 bits per heavy atom. The van der Waals surface area contributed by atoms with Crippen molar-refractivity contribution in [1.29, 1.82) is 5.41 Å². The number of hydrogen-bond donors (Lipinski definition) is 17. The van der Waals surface area contributed by atoms with Gasteiger partial charge < -0.3 is 97.2 Å². The molecule has 0 aromatic heterocycles. The van der Waals surface area contributed by atoms with E-state index in [-0.39, 0.29) is 102 Å². The van der Waals surface area contributed by atoms with Crippen LogP contribution in [0, 0.1) is 5.41 Å². The first-order valence-corrected chi connectivity index (χ1v) is 26.0. The Labute approximate surface area is 453 Å². The molecule has 0 saturated carbocycles. The Hall–Kier alpha value is -7.15. The third-order valence-corrected chi connectivity index (χ3v) is 12.3. The third-order valence-electron chi connectivity index (χ3n) is 12.3. The second kappa shape index (κ2) is 36.8. The van der Waals surface area contributed by atoms with E-state index in [0.717, 1.165) is 0 Å². The van der Waals surface area contributed by atoms with Crippen molar-refractivity contribution in [1.82, 2.24) is 42.1 Å². The molecule has 1 aromatic carbocycles. The molecule has 0 unspecified atom stereocenters. The molecule has 1 fully saturated rings. The minimum absolute atomic E-state index is 0.0241. The maximum absolute atomic E-state index is 14.3. The van der Waals surface area contributed by atoms with Gasteiger partial charge in [0.05, 0.1) is 25.8 Å². The molecular formula is C49H83N17O12. The van der Waals surface area contributed by atoms with Gasteiger partial charge in [-0.1, -0.05) is 24.6 Å². The highest BCUT2D eigenvalue weighted by molar-refractivity contribution is 6.40. The molecule has 7 atom stereocenters. The van der Waals surface area contributed by atoms with Gasteiger partial charge in [0.25, 0.3) is 11.8 Å². The largest absolute Gasteiger partial charge is 0.497 e. The van der Waals surface area contributed by atoms with E-state index in [2.05, 4.69) is 42.2 Å². The zero-order valence-corrected chi connectivity index (χ0v) is 44.4. The Balaban J connectivity index is 2.38. The molecule has 0 spiro atoms. The lowest BCUT2D eigenvalue weighted by molar-refractivity contribution is -0.137. The van der Waals surface area contributed by atoms with E-state index in [1.807, 2.05) is 0 Å². The number of amides is 8. The van der Waals surface area contributed by atoms with Gasteiger partial charge in [-0.2, -0.15) is 0 Å². The molecule has 1 heterocycles. The Kier molecular flexibility index (Phi) is 31.6. The van der Waals surface area contributed by atoms with Crippen LogP contribution < -0.4 is 82.1 Å². The van der Waals surface area contributed by atoms with E-state index < -0.39 is 114 Å². The fraction of sp³-hybridized carbons (Fsp3) is 0.612. The Morgan fingerprint density at radius 3 is 1.99 bits per heavy atom. The van der Waals surface area contributed by atoms with Crippen LogP contribution in [0.1, 0.15) is 89.0 Å². The molecule has 24 N–H and O–H groups in total. The average molecular weight is 1100 g/mol. The monoisotopic (exact) mass is 1100 g/mol. The van der Waals surface area contributed by atoms with Gasteiger partial charge in [0, 0.05) is 26.1 Å². The quantitative estimate of drug-likeness (QED) is 0.0128. The molecular weight excluding hydrogens is 1020 g/mol. The second-order valence-corrected chi connectivity index (χ2v) is 18.4. The summed E-state index contributed by atoms with van der Waals surface area (Å²) in [5.41, 5.74) is 39.4. The number of carboxylic acid groups (broad SMARTS) is 1. The van der Waals surface area contributed by atoms with Crippen molar-refractivity contribution < 1.29 is 58.1 Å². The summed E-state index contributed by atoms with van der Waals surface area (Å²) in [6.07, 6.45) is 2.62. The van der Waals surface area contributed by atoms with E-state index in [1.165, 1.54) is 18.1 Å². The predicted octanol–water partition coefficient (Wildman–Crippen LogP) is -5.41. The van der Waals surface area contributed by atoms with E-state index in [9.17, 15) is 53.4 Å². The molecule has 0 radical (unpaired) electrons. The van der Waals surface area contributed by atoms with Crippen LogP contribution in [-0.2, 0) is 49.6 Å². The van der Waals surface area contributed by atoms with Crippen LogP contribution >= 0.6 is 0 Å². The number of ether oxygens (including phenoxy) is 1. The van der Waals surface area contributed by atoms with Crippen LogP contribution in [0.15, 0.2) is 41.0 Å². The number of aliphatic imine (C=N–C) groups is 1. The van der Waals surface area contributed by atoms with Crippen molar-refractivity contribution in [3.05, 3.63) is 41.6 Å². The summed E-state index contributed by atoms with van der Waals surface area (Å²) in [5, 5.41) is 45.2. The number of nitrogens with one attached hydrogen (secondary N) is 8. The number of hydrogen-bond acceptors (Lipinski definition) is 18. The summed E-state index contributed by atoms with van der Waals surface area (Å²) in [5.74, 6) is -8.04. The zero-order valence-electron chi connectivity index (χ0n) is 44.4. The fourth-order valence-corrected chi connectivity index (χ4v) is 7.97. The number of nitrogens with zero attached hydrogens (tertiary/aromatic N) is 2. The number of carbonyl (C=O) groups is 9. The molecule has 1 saturated heterocycles. The van der Waals surface area contributed by atoms with E-state index in [1.54, 1.807) is 24.3 Å². The van der Waals surface area contributed by atoms with E-state index in [0.29, 0.717) is 50.0 Å². The van der Waals surface area contributed by atoms with Crippen LogP contribution in [0.5, 0.6) is 5.75 Å². The number of guanidine groups is 1. The van der Waals surface area contributed by atoms with Crippen LogP contribution in [0.3, 0.4) is 0 Å². The van der Waals surface area contributed by atoms with E-state index >= 15 is 0 Å². The molecule has 78 heavy (non-hydrogen) atoms. The number of likely N-dealkylation sites (tertiary alicyclic amines) is 1. The van der Waals surface area contributed by atoms with Crippen molar-refractivity contribution in [2.24, 2.45) is 45.1 Å². The van der Waals surface area contributed by atoms with Gasteiger partial charge in [-0.05, 0) is 121 Å². The number of rotatable bonds is 37. The normalized spacial score (nSPS) is 15.8. The van der Waals surface area contributed by atoms with Crippen molar-refractivity contribution >= 4 is 64.9 Å². The van der Waals surface area contributed by atoms with Gasteiger partial charge in [-0.3, -0.25) is 43.8 Å². The number of methoxy groups -OCH3 is 1. The number of aliphatic hydroxyl groups excluding tert-OH is 1. The lowest BCUT2D eigenvalue weighted by Crippen LogP contribution is -2.60. The zero-order chi connectivity index (χ0) is 58.2. The summed E-state index contributed by atoms with van der Waals surface area (Å²) in [6, 6.07) is -1.17. The standard InChI is InChI=1S/C49H83N17O12/c1-78-30-18-16-29(17-19-30)26-36(44(72)61-33(11-3-5-21-51)43(71)63-35(48(76)77)14-8-24-58-49(56)57)64-45(73)37-15-9-25-66(37)47(75)34(13-7-23-53)60-39(68)28-59-42(70)32(12-6-22-52)62-46(74)40(38(67)27-54)65-41(69)31(55)10-2-4-20-50/h14,16-19,31-33,36-38,40,67H,2-13,15,20-28,50-55H2,1H3,(H,59,70)(H,61,72)(H,62,74)(H,63,71)(H,64,73)(H,65,69)(H,76,77)(H4,56,57,58)/b35-14-,60-34+/t31-,32-,33-,36-,37-,38-,40-/m0/s1. The van der Waals surface area contributed by atoms with E-state index in [4.69, 9.17) is 50.3 Å². The highest BCUT2D eigenvalue weighted by Crippen LogP contribution is 2.20. The molecule has 1 aliphatic rings. The van der Waals surface area contributed by atoms with Gasteiger partial charge in [0.15, 0.2) is 5.96 Å². The number of aliphatic hydroxyl groups is 1. The number of nitrogens with two attached hydrogens (primary N) is 7. The molecule has 8 amide bonds. The third kappa shape index (κ3) is 24.0. The fourth-order valence-electron chi connectivity index (χ4n) is 7.97. The number of benzene rings is 1. The predicted molar refractivity (Wildman–Crippen MR) is 288 cm³/mol. The first kappa shape index (κ1) is 67.0. The second-order valence-electron chi connectivity index (χ2n) is 18.4. The summed E-state index contributed by atoms with van der Waals surface area (Å²) in [4.78, 5) is 127. The van der Waals surface area contributed by atoms with Crippen molar-refractivity contribution in [3.63, 3.8) is 0 Å². The summed E-state index contributed by atoms with van der Waals surface area (Å²) in [6.45, 7) is -0.192. The first-order valence-electron chi connectivity index (χ1n) is 26.0. The summed E-state index contributed by atoms with van der Waals surface area (Å²) < 4.78 is 5.27. The number of aliphatic carboxylic acids is 1. The molecule has 1 aliphatic heterocycles.